The summed E-state index contributed by atoms with van der Waals surface area (Å²) in [4.78, 5) is 26.2. The molecule has 0 saturated carbocycles. The van der Waals surface area contributed by atoms with E-state index in [9.17, 15) is 9.59 Å². The Balaban J connectivity index is 1.67. The monoisotopic (exact) mass is 338 g/mol. The topological polar surface area (TPSA) is 58.6 Å². The van der Waals surface area contributed by atoms with Crippen LogP contribution in [0.2, 0.25) is 0 Å². The third-order valence-electron chi connectivity index (χ3n) is 4.25. The fourth-order valence-corrected chi connectivity index (χ4v) is 2.96. The normalized spacial score (nSPS) is 16.8. The highest BCUT2D eigenvalue weighted by Crippen LogP contribution is 2.28. The summed E-state index contributed by atoms with van der Waals surface area (Å²) in [5.74, 6) is -0.220. The van der Waals surface area contributed by atoms with E-state index in [1.165, 1.54) is 0 Å². The Kier molecular flexibility index (Phi) is 5.33. The second-order valence-electron chi connectivity index (χ2n) is 6.00. The van der Waals surface area contributed by atoms with Crippen molar-refractivity contribution in [1.82, 2.24) is 5.32 Å². The van der Waals surface area contributed by atoms with E-state index in [1.54, 1.807) is 4.90 Å². The van der Waals surface area contributed by atoms with Gasteiger partial charge in [-0.15, -0.1) is 0 Å². The zero-order valence-corrected chi connectivity index (χ0v) is 14.3. The van der Waals surface area contributed by atoms with Gasteiger partial charge in [-0.25, -0.2) is 0 Å². The van der Waals surface area contributed by atoms with Crippen molar-refractivity contribution in [3.8, 4) is 5.75 Å². The maximum Gasteiger partial charge on any atom is 0.239 e. The zero-order chi connectivity index (χ0) is 17.6. The maximum atomic E-state index is 12.5. The lowest BCUT2D eigenvalue weighted by atomic mass is 10.1. The Morgan fingerprint density at radius 3 is 2.76 bits per heavy atom. The average Bonchev–Trinajstić information content (AvgIpc) is 3.03. The fraction of sp³-hybridized carbons (Fsp3) is 0.300. The van der Waals surface area contributed by atoms with Crippen molar-refractivity contribution in [3.05, 3.63) is 60.2 Å². The molecule has 25 heavy (non-hydrogen) atoms. The zero-order valence-electron chi connectivity index (χ0n) is 14.3. The molecule has 130 valence electrons. The first kappa shape index (κ1) is 17.0. The van der Waals surface area contributed by atoms with Gasteiger partial charge >= 0.3 is 0 Å². The molecule has 1 N–H and O–H groups in total. The van der Waals surface area contributed by atoms with Gasteiger partial charge in [-0.2, -0.15) is 0 Å². The number of hydrogen-bond acceptors (Lipinski definition) is 3. The lowest BCUT2D eigenvalue weighted by molar-refractivity contribution is -0.132. The van der Waals surface area contributed by atoms with E-state index in [0.29, 0.717) is 31.9 Å². The minimum Gasteiger partial charge on any atom is -0.489 e. The van der Waals surface area contributed by atoms with Crippen molar-refractivity contribution >= 4 is 17.5 Å². The molecule has 1 heterocycles. The Labute approximate surface area is 147 Å². The average molecular weight is 338 g/mol. The van der Waals surface area contributed by atoms with Crippen LogP contribution in [-0.4, -0.2) is 24.9 Å². The lowest BCUT2D eigenvalue weighted by Gasteiger charge is -2.18. The maximum absolute atomic E-state index is 12.5. The quantitative estimate of drug-likeness (QED) is 0.824. The van der Waals surface area contributed by atoms with Crippen molar-refractivity contribution in [3.63, 3.8) is 0 Å². The van der Waals surface area contributed by atoms with E-state index in [4.69, 9.17) is 4.74 Å². The molecule has 1 atom stereocenters. The summed E-state index contributed by atoms with van der Waals surface area (Å²) in [6.45, 7) is 3.40. The molecule has 1 aliphatic rings. The molecule has 5 heteroatoms. The predicted octanol–water partition coefficient (Wildman–Crippen LogP) is 2.75. The summed E-state index contributed by atoms with van der Waals surface area (Å²) in [5.41, 5.74) is 1.85. The van der Waals surface area contributed by atoms with Crippen molar-refractivity contribution in [2.24, 2.45) is 5.92 Å². The molecule has 0 bridgehead atoms. The number of hydrogen-bond donors (Lipinski definition) is 1. The minimum atomic E-state index is -0.589. The molecule has 0 aliphatic carbocycles. The van der Waals surface area contributed by atoms with E-state index in [0.717, 1.165) is 11.3 Å². The SMILES string of the molecule is CCNC(=O)C1CCN(c2cccc(OCc3ccccc3)c2)C1=O. The van der Waals surface area contributed by atoms with E-state index >= 15 is 0 Å². The standard InChI is InChI=1S/C20H22N2O3/c1-2-21-19(23)18-11-12-22(20(18)24)16-9-6-10-17(13-16)25-14-15-7-4-3-5-8-15/h3-10,13,18H,2,11-12,14H2,1H3,(H,21,23). The van der Waals surface area contributed by atoms with Crippen molar-refractivity contribution in [2.45, 2.75) is 20.0 Å². The summed E-state index contributed by atoms with van der Waals surface area (Å²) >= 11 is 0. The molecule has 3 rings (SSSR count). The highest BCUT2D eigenvalue weighted by atomic mass is 16.5. The summed E-state index contributed by atoms with van der Waals surface area (Å²) in [6, 6.07) is 17.4. The van der Waals surface area contributed by atoms with Crippen LogP contribution < -0.4 is 15.0 Å². The number of carbonyl (C=O) groups excluding carboxylic acids is 2. The molecular weight excluding hydrogens is 316 g/mol. The van der Waals surface area contributed by atoms with E-state index in [-0.39, 0.29) is 11.8 Å². The van der Waals surface area contributed by atoms with Gasteiger partial charge in [-0.05, 0) is 31.0 Å². The Hall–Kier alpha value is -2.82. The van der Waals surface area contributed by atoms with E-state index < -0.39 is 5.92 Å². The number of benzene rings is 2. The van der Waals surface area contributed by atoms with E-state index in [2.05, 4.69) is 5.32 Å². The number of nitrogens with one attached hydrogen (secondary N) is 1. The van der Waals surface area contributed by atoms with Gasteiger partial charge in [0.1, 0.15) is 18.3 Å². The number of nitrogens with zero attached hydrogens (tertiary/aromatic N) is 1. The Bertz CT molecular complexity index is 746. The number of ether oxygens (including phenoxy) is 1. The van der Waals surface area contributed by atoms with Gasteiger partial charge in [0.2, 0.25) is 11.8 Å². The van der Waals surface area contributed by atoms with Gasteiger partial charge in [0.05, 0.1) is 0 Å². The van der Waals surface area contributed by atoms with Gasteiger partial charge in [0, 0.05) is 24.8 Å². The Morgan fingerprint density at radius 1 is 1.20 bits per heavy atom. The molecule has 0 spiro atoms. The molecule has 1 unspecified atom stereocenters. The smallest absolute Gasteiger partial charge is 0.239 e. The van der Waals surface area contributed by atoms with E-state index in [1.807, 2.05) is 61.5 Å². The Morgan fingerprint density at radius 2 is 2.00 bits per heavy atom. The minimum absolute atomic E-state index is 0.147. The van der Waals surface area contributed by atoms with Crippen LogP contribution >= 0.6 is 0 Å². The highest BCUT2D eigenvalue weighted by Gasteiger charge is 2.37. The van der Waals surface area contributed by atoms with Gasteiger partial charge in [0.25, 0.3) is 0 Å². The van der Waals surface area contributed by atoms with Crippen LogP contribution in [0.4, 0.5) is 5.69 Å². The molecule has 0 radical (unpaired) electrons. The predicted molar refractivity (Wildman–Crippen MR) is 96.4 cm³/mol. The molecular formula is C20H22N2O3. The molecule has 1 aliphatic heterocycles. The third kappa shape index (κ3) is 3.99. The first-order valence-electron chi connectivity index (χ1n) is 8.55. The fourth-order valence-electron chi connectivity index (χ4n) is 2.96. The van der Waals surface area contributed by atoms with Crippen LogP contribution in [0.15, 0.2) is 54.6 Å². The molecule has 2 aromatic carbocycles. The number of rotatable bonds is 6. The first-order chi connectivity index (χ1) is 12.2. The summed E-state index contributed by atoms with van der Waals surface area (Å²) in [5, 5.41) is 2.73. The molecule has 2 amide bonds. The van der Waals surface area contributed by atoms with Crippen LogP contribution in [0.1, 0.15) is 18.9 Å². The summed E-state index contributed by atoms with van der Waals surface area (Å²) < 4.78 is 5.82. The summed E-state index contributed by atoms with van der Waals surface area (Å²) in [6.07, 6.45) is 0.541. The summed E-state index contributed by atoms with van der Waals surface area (Å²) in [7, 11) is 0. The van der Waals surface area contributed by atoms with Crippen LogP contribution in [0.25, 0.3) is 0 Å². The molecule has 1 saturated heterocycles. The van der Waals surface area contributed by atoms with Crippen molar-refractivity contribution in [1.29, 1.82) is 0 Å². The first-order valence-corrected chi connectivity index (χ1v) is 8.55. The second kappa shape index (κ2) is 7.83. The molecule has 5 nitrogen and oxygen atoms in total. The molecule has 2 aromatic rings. The lowest BCUT2D eigenvalue weighted by Crippen LogP contribution is -2.36. The van der Waals surface area contributed by atoms with Crippen LogP contribution in [0.5, 0.6) is 5.75 Å². The number of anilines is 1. The number of carbonyl (C=O) groups is 2. The van der Waals surface area contributed by atoms with Gasteiger partial charge in [-0.1, -0.05) is 36.4 Å². The largest absolute Gasteiger partial charge is 0.489 e. The van der Waals surface area contributed by atoms with Crippen LogP contribution in [0, 0.1) is 5.92 Å². The molecule has 1 fully saturated rings. The van der Waals surface area contributed by atoms with Crippen LogP contribution in [0.3, 0.4) is 0 Å². The highest BCUT2D eigenvalue weighted by molar-refractivity contribution is 6.09. The second-order valence-corrected chi connectivity index (χ2v) is 6.00. The van der Waals surface area contributed by atoms with Crippen LogP contribution in [-0.2, 0) is 16.2 Å². The third-order valence-corrected chi connectivity index (χ3v) is 4.25. The van der Waals surface area contributed by atoms with Crippen molar-refractivity contribution < 1.29 is 14.3 Å². The van der Waals surface area contributed by atoms with Gasteiger partial charge in [0.15, 0.2) is 0 Å². The number of amides is 2. The van der Waals surface area contributed by atoms with Crippen molar-refractivity contribution in [2.75, 3.05) is 18.0 Å². The molecule has 0 aromatic heterocycles. The van der Waals surface area contributed by atoms with Gasteiger partial charge < -0.3 is 15.0 Å². The van der Waals surface area contributed by atoms with Gasteiger partial charge in [-0.3, -0.25) is 9.59 Å².